The van der Waals surface area contributed by atoms with Gasteiger partial charge < -0.3 is 15.2 Å². The minimum Gasteiger partial charge on any atom is -0.480 e. The third-order valence-corrected chi connectivity index (χ3v) is 3.61. The molecule has 0 aliphatic heterocycles. The molecule has 17 heavy (non-hydrogen) atoms. The van der Waals surface area contributed by atoms with Crippen LogP contribution >= 0.6 is 0 Å². The monoisotopic (exact) mass is 243 g/mol. The lowest BCUT2D eigenvalue weighted by Crippen LogP contribution is -2.52. The maximum Gasteiger partial charge on any atom is 0.323 e. The van der Waals surface area contributed by atoms with Crippen LogP contribution < -0.4 is 5.32 Å². The number of unbranched alkanes of at least 4 members (excludes halogenated alkanes) is 1. The number of carbonyl (C=O) groups is 1. The molecule has 0 aromatic heterocycles. The highest BCUT2D eigenvalue weighted by atomic mass is 16.5. The zero-order valence-electron chi connectivity index (χ0n) is 10.8. The number of nitrogens with one attached hydrogen (secondary N) is 1. The van der Waals surface area contributed by atoms with E-state index < -0.39 is 11.5 Å². The minimum absolute atomic E-state index is 0.663. The Labute approximate surface area is 104 Å². The van der Waals surface area contributed by atoms with Crippen LogP contribution in [0.1, 0.15) is 51.4 Å². The quantitative estimate of drug-likeness (QED) is 0.531. The van der Waals surface area contributed by atoms with Crippen LogP contribution in [0.25, 0.3) is 0 Å². The minimum atomic E-state index is -0.675. The standard InChI is InChI=1S/C13H25NO3/c1-17-11-7-6-10-14-13(12(15)16)8-4-2-3-5-9-13/h14H,2-11H2,1H3,(H,15,16). The van der Waals surface area contributed by atoms with Crippen LogP contribution in [0.2, 0.25) is 0 Å². The lowest BCUT2D eigenvalue weighted by atomic mass is 9.90. The Kier molecular flexibility index (Phi) is 6.52. The first kappa shape index (κ1) is 14.5. The molecule has 2 N–H and O–H groups in total. The van der Waals surface area contributed by atoms with Crippen molar-refractivity contribution < 1.29 is 14.6 Å². The summed E-state index contributed by atoms with van der Waals surface area (Å²) in [5.41, 5.74) is -0.663. The Bertz CT molecular complexity index is 223. The molecule has 0 amide bonds. The Balaban J connectivity index is 2.38. The van der Waals surface area contributed by atoms with Crippen LogP contribution in [0.15, 0.2) is 0 Å². The summed E-state index contributed by atoms with van der Waals surface area (Å²) in [5.74, 6) is -0.675. The third kappa shape index (κ3) is 4.64. The van der Waals surface area contributed by atoms with Crippen LogP contribution in [-0.4, -0.2) is 36.9 Å². The van der Waals surface area contributed by atoms with Gasteiger partial charge in [0, 0.05) is 13.7 Å². The topological polar surface area (TPSA) is 58.6 Å². The molecule has 1 rings (SSSR count). The molecule has 100 valence electrons. The fourth-order valence-electron chi connectivity index (χ4n) is 2.50. The van der Waals surface area contributed by atoms with Gasteiger partial charge in [0.25, 0.3) is 0 Å². The van der Waals surface area contributed by atoms with Crippen molar-refractivity contribution >= 4 is 5.97 Å². The second kappa shape index (κ2) is 7.67. The van der Waals surface area contributed by atoms with E-state index in [2.05, 4.69) is 5.32 Å². The molecule has 4 nitrogen and oxygen atoms in total. The molecule has 0 unspecified atom stereocenters. The van der Waals surface area contributed by atoms with Gasteiger partial charge in [-0.05, 0) is 32.2 Å². The second-order valence-corrected chi connectivity index (χ2v) is 4.93. The summed E-state index contributed by atoms with van der Waals surface area (Å²) >= 11 is 0. The van der Waals surface area contributed by atoms with Crippen LogP contribution in [0.5, 0.6) is 0 Å². The van der Waals surface area contributed by atoms with Crippen LogP contribution in [0, 0.1) is 0 Å². The summed E-state index contributed by atoms with van der Waals surface area (Å²) in [7, 11) is 1.69. The molecule has 0 heterocycles. The summed E-state index contributed by atoms with van der Waals surface area (Å²) in [4.78, 5) is 11.5. The van der Waals surface area contributed by atoms with E-state index in [-0.39, 0.29) is 0 Å². The van der Waals surface area contributed by atoms with Crippen molar-refractivity contribution in [1.82, 2.24) is 5.32 Å². The molecular formula is C13H25NO3. The summed E-state index contributed by atoms with van der Waals surface area (Å²) < 4.78 is 4.98. The maximum atomic E-state index is 11.5. The van der Waals surface area contributed by atoms with E-state index in [1.807, 2.05) is 0 Å². The van der Waals surface area contributed by atoms with Crippen molar-refractivity contribution in [3.05, 3.63) is 0 Å². The molecular weight excluding hydrogens is 218 g/mol. The number of ether oxygens (including phenoxy) is 1. The molecule has 1 fully saturated rings. The highest BCUT2D eigenvalue weighted by Gasteiger charge is 2.37. The Hall–Kier alpha value is -0.610. The highest BCUT2D eigenvalue weighted by Crippen LogP contribution is 2.27. The zero-order chi connectivity index (χ0) is 12.6. The van der Waals surface area contributed by atoms with Crippen molar-refractivity contribution in [3.8, 4) is 0 Å². The Morgan fingerprint density at radius 3 is 2.41 bits per heavy atom. The van der Waals surface area contributed by atoms with Crippen molar-refractivity contribution in [1.29, 1.82) is 0 Å². The molecule has 0 saturated heterocycles. The van der Waals surface area contributed by atoms with Crippen molar-refractivity contribution in [2.75, 3.05) is 20.3 Å². The van der Waals surface area contributed by atoms with Gasteiger partial charge in [-0.3, -0.25) is 4.79 Å². The van der Waals surface area contributed by atoms with Gasteiger partial charge in [0.05, 0.1) is 0 Å². The molecule has 0 radical (unpaired) electrons. The van der Waals surface area contributed by atoms with Gasteiger partial charge in [-0.25, -0.2) is 0 Å². The van der Waals surface area contributed by atoms with Gasteiger partial charge >= 0.3 is 5.97 Å². The van der Waals surface area contributed by atoms with E-state index >= 15 is 0 Å². The van der Waals surface area contributed by atoms with Crippen molar-refractivity contribution in [2.45, 2.75) is 56.9 Å². The van der Waals surface area contributed by atoms with Crippen molar-refractivity contribution in [2.24, 2.45) is 0 Å². The van der Waals surface area contributed by atoms with E-state index in [1.165, 1.54) is 12.8 Å². The Morgan fingerprint density at radius 2 is 1.88 bits per heavy atom. The normalized spacial score (nSPS) is 19.8. The predicted molar refractivity (Wildman–Crippen MR) is 67.2 cm³/mol. The molecule has 1 aliphatic rings. The fraction of sp³-hybridized carbons (Fsp3) is 0.923. The molecule has 1 saturated carbocycles. The average molecular weight is 243 g/mol. The molecule has 0 bridgehead atoms. The van der Waals surface area contributed by atoms with E-state index in [9.17, 15) is 9.90 Å². The number of rotatable bonds is 7. The van der Waals surface area contributed by atoms with Crippen molar-refractivity contribution in [3.63, 3.8) is 0 Å². The largest absolute Gasteiger partial charge is 0.480 e. The summed E-state index contributed by atoms with van der Waals surface area (Å²) in [6.07, 6.45) is 7.89. The van der Waals surface area contributed by atoms with E-state index in [1.54, 1.807) is 7.11 Å². The molecule has 0 atom stereocenters. The summed E-state index contributed by atoms with van der Waals surface area (Å²) in [6, 6.07) is 0. The van der Waals surface area contributed by atoms with Gasteiger partial charge in [-0.1, -0.05) is 25.7 Å². The molecule has 1 aliphatic carbocycles. The second-order valence-electron chi connectivity index (χ2n) is 4.93. The van der Waals surface area contributed by atoms with Gasteiger partial charge in [-0.2, -0.15) is 0 Å². The first-order valence-corrected chi connectivity index (χ1v) is 6.69. The Morgan fingerprint density at radius 1 is 1.24 bits per heavy atom. The van der Waals surface area contributed by atoms with Gasteiger partial charge in [0.15, 0.2) is 0 Å². The molecule has 4 heteroatoms. The number of aliphatic carboxylic acids is 1. The molecule has 0 aromatic carbocycles. The highest BCUT2D eigenvalue weighted by molar-refractivity contribution is 5.78. The van der Waals surface area contributed by atoms with E-state index in [0.717, 1.165) is 51.7 Å². The molecule has 0 aromatic rings. The average Bonchev–Trinajstić information content (AvgIpc) is 2.55. The van der Waals surface area contributed by atoms with E-state index in [4.69, 9.17) is 4.74 Å². The lowest BCUT2D eigenvalue weighted by Gasteiger charge is -2.29. The van der Waals surface area contributed by atoms with E-state index in [0.29, 0.717) is 0 Å². The first-order valence-electron chi connectivity index (χ1n) is 6.69. The predicted octanol–water partition coefficient (Wildman–Crippen LogP) is 2.18. The van der Waals surface area contributed by atoms with Crippen LogP contribution in [0.4, 0.5) is 0 Å². The van der Waals surface area contributed by atoms with Crippen LogP contribution in [0.3, 0.4) is 0 Å². The molecule has 0 spiro atoms. The number of methoxy groups -OCH3 is 1. The number of carboxylic acid groups (broad SMARTS) is 1. The smallest absolute Gasteiger partial charge is 0.323 e. The lowest BCUT2D eigenvalue weighted by molar-refractivity contribution is -0.145. The summed E-state index contributed by atoms with van der Waals surface area (Å²) in [6.45, 7) is 1.53. The van der Waals surface area contributed by atoms with Gasteiger partial charge in [-0.15, -0.1) is 0 Å². The maximum absolute atomic E-state index is 11.5. The van der Waals surface area contributed by atoms with Gasteiger partial charge in [0.1, 0.15) is 5.54 Å². The van der Waals surface area contributed by atoms with Crippen LogP contribution in [-0.2, 0) is 9.53 Å². The summed E-state index contributed by atoms with van der Waals surface area (Å²) in [5, 5.41) is 12.7. The number of carboxylic acids is 1. The zero-order valence-corrected chi connectivity index (χ0v) is 10.8. The van der Waals surface area contributed by atoms with Gasteiger partial charge in [0.2, 0.25) is 0 Å². The number of hydrogen-bond acceptors (Lipinski definition) is 3. The first-order chi connectivity index (χ1) is 8.21. The fourth-order valence-corrected chi connectivity index (χ4v) is 2.50. The number of hydrogen-bond donors (Lipinski definition) is 2. The third-order valence-electron chi connectivity index (χ3n) is 3.61. The SMILES string of the molecule is COCCCCNC1(C(=O)O)CCCCCC1.